The van der Waals surface area contributed by atoms with Crippen LogP contribution in [0.2, 0.25) is 0 Å². The van der Waals surface area contributed by atoms with Crippen LogP contribution in [0.5, 0.6) is 0 Å². The Labute approximate surface area is 117 Å². The molecule has 2 N–H and O–H groups in total. The second-order valence-corrected chi connectivity index (χ2v) is 5.70. The molecule has 0 aliphatic rings. The number of H-pyrrole nitrogens is 1. The lowest BCUT2D eigenvalue weighted by molar-refractivity contribution is 0.0957. The van der Waals surface area contributed by atoms with E-state index in [4.69, 9.17) is 0 Å². The van der Waals surface area contributed by atoms with Crippen LogP contribution in [0, 0.1) is 6.92 Å². The van der Waals surface area contributed by atoms with Gasteiger partial charge in [0.25, 0.3) is 5.91 Å². The maximum atomic E-state index is 12.0. The van der Waals surface area contributed by atoms with Gasteiger partial charge in [0.2, 0.25) is 0 Å². The fourth-order valence-corrected chi connectivity index (χ4v) is 2.99. The lowest BCUT2D eigenvalue weighted by atomic mass is 10.2. The molecule has 5 heteroatoms. The molecule has 1 amide bonds. The Morgan fingerprint density at radius 3 is 3.00 bits per heavy atom. The number of amides is 1. The number of thiophene rings is 1. The van der Waals surface area contributed by atoms with Crippen LogP contribution in [0.3, 0.4) is 0 Å². The largest absolute Gasteiger partial charge is 0.351 e. The highest BCUT2D eigenvalue weighted by molar-refractivity contribution is 7.14. The summed E-state index contributed by atoms with van der Waals surface area (Å²) in [4.78, 5) is 21.2. The van der Waals surface area contributed by atoms with Crippen LogP contribution in [0.1, 0.15) is 39.3 Å². The van der Waals surface area contributed by atoms with E-state index < -0.39 is 0 Å². The Bertz CT molecular complexity index is 531. The van der Waals surface area contributed by atoms with Gasteiger partial charge in [-0.2, -0.15) is 0 Å². The molecule has 0 spiro atoms. The minimum absolute atomic E-state index is 0.0345. The van der Waals surface area contributed by atoms with Crippen molar-refractivity contribution in [1.29, 1.82) is 0 Å². The molecular formula is C14H19N3OS. The molecule has 0 aliphatic heterocycles. The van der Waals surface area contributed by atoms with E-state index in [2.05, 4.69) is 29.1 Å². The highest BCUT2D eigenvalue weighted by Gasteiger charge is 2.10. The standard InChI is InChI=1S/C14H19N3OS/c1-3-11-9-12(19-10(11)2)14(18)17-6-4-5-13-15-7-8-16-13/h7-9H,3-6H2,1-2H3,(H,15,16)(H,17,18). The summed E-state index contributed by atoms with van der Waals surface area (Å²) in [6.07, 6.45) is 6.29. The van der Waals surface area contributed by atoms with Crippen molar-refractivity contribution in [2.24, 2.45) is 0 Å². The van der Waals surface area contributed by atoms with Crippen molar-refractivity contribution in [3.63, 3.8) is 0 Å². The Balaban J connectivity index is 1.77. The van der Waals surface area contributed by atoms with Gasteiger partial charge >= 0.3 is 0 Å². The molecule has 0 bridgehead atoms. The van der Waals surface area contributed by atoms with Crippen LogP contribution in [0.4, 0.5) is 0 Å². The third-order valence-electron chi connectivity index (χ3n) is 3.06. The summed E-state index contributed by atoms with van der Waals surface area (Å²) < 4.78 is 0. The number of nitrogens with zero attached hydrogens (tertiary/aromatic N) is 1. The SMILES string of the molecule is CCc1cc(C(=O)NCCCc2ncc[nH]2)sc1C. The number of imidazole rings is 1. The summed E-state index contributed by atoms with van der Waals surface area (Å²) in [6.45, 7) is 4.86. The van der Waals surface area contributed by atoms with Crippen LogP contribution < -0.4 is 5.32 Å². The average molecular weight is 277 g/mol. The van der Waals surface area contributed by atoms with E-state index in [1.165, 1.54) is 10.4 Å². The summed E-state index contributed by atoms with van der Waals surface area (Å²) in [6, 6.07) is 2.00. The number of aromatic nitrogens is 2. The van der Waals surface area contributed by atoms with Crippen molar-refractivity contribution in [2.45, 2.75) is 33.1 Å². The lowest BCUT2D eigenvalue weighted by Gasteiger charge is -2.02. The predicted octanol–water partition coefficient (Wildman–Crippen LogP) is 2.70. The normalized spacial score (nSPS) is 10.6. The quantitative estimate of drug-likeness (QED) is 0.798. The Kier molecular flexibility index (Phi) is 4.74. The molecule has 0 radical (unpaired) electrons. The van der Waals surface area contributed by atoms with E-state index in [0.717, 1.165) is 30.0 Å². The van der Waals surface area contributed by atoms with Crippen LogP contribution in [-0.4, -0.2) is 22.4 Å². The first-order chi connectivity index (χ1) is 9.20. The van der Waals surface area contributed by atoms with Gasteiger partial charge in [-0.25, -0.2) is 4.98 Å². The van der Waals surface area contributed by atoms with Gasteiger partial charge in [-0.3, -0.25) is 4.79 Å². The summed E-state index contributed by atoms with van der Waals surface area (Å²) in [5.74, 6) is 1.00. The number of aryl methyl sites for hydroxylation is 3. The molecule has 0 atom stereocenters. The lowest BCUT2D eigenvalue weighted by Crippen LogP contribution is -2.24. The zero-order valence-electron chi connectivity index (χ0n) is 11.3. The molecule has 2 aromatic rings. The van der Waals surface area contributed by atoms with E-state index in [9.17, 15) is 4.79 Å². The monoisotopic (exact) mass is 277 g/mol. The second-order valence-electron chi connectivity index (χ2n) is 4.44. The van der Waals surface area contributed by atoms with E-state index in [0.29, 0.717) is 6.54 Å². The van der Waals surface area contributed by atoms with Crippen molar-refractivity contribution in [3.05, 3.63) is 39.6 Å². The maximum Gasteiger partial charge on any atom is 0.261 e. The van der Waals surface area contributed by atoms with Crippen LogP contribution in [-0.2, 0) is 12.8 Å². The van der Waals surface area contributed by atoms with Gasteiger partial charge in [0.05, 0.1) is 4.88 Å². The first kappa shape index (κ1) is 13.8. The van der Waals surface area contributed by atoms with Gasteiger partial charge in [0.15, 0.2) is 0 Å². The second kappa shape index (κ2) is 6.52. The summed E-state index contributed by atoms with van der Waals surface area (Å²) in [5, 5.41) is 2.96. The molecule has 0 saturated carbocycles. The number of carbonyl (C=O) groups is 1. The third-order valence-corrected chi connectivity index (χ3v) is 4.15. The average Bonchev–Trinajstić information content (AvgIpc) is 3.03. The minimum Gasteiger partial charge on any atom is -0.351 e. The zero-order valence-corrected chi connectivity index (χ0v) is 12.1. The third kappa shape index (κ3) is 3.67. The molecule has 0 aromatic carbocycles. The first-order valence-electron chi connectivity index (χ1n) is 6.56. The van der Waals surface area contributed by atoms with Crippen molar-refractivity contribution >= 4 is 17.2 Å². The Hall–Kier alpha value is -1.62. The minimum atomic E-state index is 0.0345. The van der Waals surface area contributed by atoms with Crippen LogP contribution in [0.25, 0.3) is 0 Å². The molecular weight excluding hydrogens is 258 g/mol. The number of carbonyl (C=O) groups excluding carboxylic acids is 1. The van der Waals surface area contributed by atoms with Crippen molar-refractivity contribution < 1.29 is 4.79 Å². The molecule has 4 nitrogen and oxygen atoms in total. The summed E-state index contributed by atoms with van der Waals surface area (Å²) >= 11 is 1.57. The van der Waals surface area contributed by atoms with Gasteiger partial charge in [-0.15, -0.1) is 11.3 Å². The fourth-order valence-electron chi connectivity index (χ4n) is 1.96. The Morgan fingerprint density at radius 1 is 1.53 bits per heavy atom. The molecule has 19 heavy (non-hydrogen) atoms. The number of nitrogens with one attached hydrogen (secondary N) is 2. The summed E-state index contributed by atoms with van der Waals surface area (Å²) in [7, 11) is 0. The zero-order chi connectivity index (χ0) is 13.7. The van der Waals surface area contributed by atoms with Crippen molar-refractivity contribution in [2.75, 3.05) is 6.54 Å². The van der Waals surface area contributed by atoms with Crippen molar-refractivity contribution in [1.82, 2.24) is 15.3 Å². The first-order valence-corrected chi connectivity index (χ1v) is 7.38. The molecule has 0 unspecified atom stereocenters. The van der Waals surface area contributed by atoms with Gasteiger partial charge in [-0.1, -0.05) is 6.92 Å². The number of rotatable bonds is 6. The molecule has 0 saturated heterocycles. The number of hydrogen-bond acceptors (Lipinski definition) is 3. The topological polar surface area (TPSA) is 57.8 Å². The summed E-state index contributed by atoms with van der Waals surface area (Å²) in [5.41, 5.74) is 1.27. The van der Waals surface area contributed by atoms with Gasteiger partial charge in [-0.05, 0) is 31.4 Å². The van der Waals surface area contributed by atoms with E-state index in [-0.39, 0.29) is 5.91 Å². The Morgan fingerprint density at radius 2 is 2.37 bits per heavy atom. The smallest absolute Gasteiger partial charge is 0.261 e. The molecule has 2 aromatic heterocycles. The van der Waals surface area contributed by atoms with Gasteiger partial charge in [0.1, 0.15) is 5.82 Å². The molecule has 2 rings (SSSR count). The predicted molar refractivity (Wildman–Crippen MR) is 77.7 cm³/mol. The fraction of sp³-hybridized carbons (Fsp3) is 0.429. The number of aromatic amines is 1. The van der Waals surface area contributed by atoms with Gasteiger partial charge in [0, 0.05) is 30.2 Å². The van der Waals surface area contributed by atoms with E-state index in [1.807, 2.05) is 12.3 Å². The molecule has 0 fully saturated rings. The number of hydrogen-bond donors (Lipinski definition) is 2. The molecule has 0 aliphatic carbocycles. The van der Waals surface area contributed by atoms with Gasteiger partial charge < -0.3 is 10.3 Å². The highest BCUT2D eigenvalue weighted by Crippen LogP contribution is 2.21. The van der Waals surface area contributed by atoms with E-state index in [1.54, 1.807) is 17.5 Å². The molecule has 2 heterocycles. The van der Waals surface area contributed by atoms with Crippen LogP contribution in [0.15, 0.2) is 18.5 Å². The highest BCUT2D eigenvalue weighted by atomic mass is 32.1. The van der Waals surface area contributed by atoms with E-state index >= 15 is 0 Å². The van der Waals surface area contributed by atoms with Crippen LogP contribution >= 0.6 is 11.3 Å². The maximum absolute atomic E-state index is 12.0. The molecule has 102 valence electrons. The van der Waals surface area contributed by atoms with Crippen molar-refractivity contribution in [3.8, 4) is 0 Å².